The average Bonchev–Trinajstić information content (AvgIpc) is 3.42. The Bertz CT molecular complexity index is 559. The minimum atomic E-state index is 0.199. The first kappa shape index (κ1) is 18.7. The Kier molecular flexibility index (Phi) is 6.74. The summed E-state index contributed by atoms with van der Waals surface area (Å²) in [6.45, 7) is 3.89. The molecule has 3 rings (SSSR count). The van der Waals surface area contributed by atoms with Crippen molar-refractivity contribution < 1.29 is 9.90 Å². The van der Waals surface area contributed by atoms with Crippen LogP contribution < -0.4 is 0 Å². The van der Waals surface area contributed by atoms with Crippen molar-refractivity contribution >= 4 is 17.5 Å². The molecule has 1 amide bonds. The number of aliphatic hydroxyl groups is 1. The van der Waals surface area contributed by atoms with Gasteiger partial charge in [0.1, 0.15) is 0 Å². The minimum absolute atomic E-state index is 0.199. The van der Waals surface area contributed by atoms with E-state index in [0.29, 0.717) is 12.5 Å². The van der Waals surface area contributed by atoms with Crippen molar-refractivity contribution in [3.63, 3.8) is 0 Å². The number of piperazine rings is 1. The van der Waals surface area contributed by atoms with Gasteiger partial charge in [0.15, 0.2) is 0 Å². The van der Waals surface area contributed by atoms with Gasteiger partial charge in [0.05, 0.1) is 0 Å². The maximum Gasteiger partial charge on any atom is 0.222 e. The zero-order chi connectivity index (χ0) is 17.6. The minimum Gasteiger partial charge on any atom is -0.396 e. The summed E-state index contributed by atoms with van der Waals surface area (Å²) in [5, 5.41) is 10.1. The molecule has 0 spiro atoms. The average molecular weight is 365 g/mol. The Hall–Kier alpha value is -1.10. The summed E-state index contributed by atoms with van der Waals surface area (Å²) in [7, 11) is 0. The fourth-order valence-corrected chi connectivity index (χ4v) is 3.79. The lowest BCUT2D eigenvalue weighted by Crippen LogP contribution is -2.55. The monoisotopic (exact) mass is 364 g/mol. The smallest absolute Gasteiger partial charge is 0.222 e. The maximum absolute atomic E-state index is 12.6. The fourth-order valence-electron chi connectivity index (χ4n) is 3.67. The van der Waals surface area contributed by atoms with Crippen molar-refractivity contribution in [1.82, 2.24) is 9.80 Å². The molecule has 1 aliphatic carbocycles. The third-order valence-electron chi connectivity index (χ3n) is 5.38. The maximum atomic E-state index is 12.6. The summed E-state index contributed by atoms with van der Waals surface area (Å²) in [6.07, 6.45) is 5.82. The van der Waals surface area contributed by atoms with Gasteiger partial charge >= 0.3 is 0 Å². The van der Waals surface area contributed by atoms with Crippen LogP contribution >= 0.6 is 11.6 Å². The van der Waals surface area contributed by atoms with Crippen LogP contribution in [0, 0.1) is 5.92 Å². The molecule has 1 aliphatic heterocycles. The second kappa shape index (κ2) is 9.02. The first-order valence-corrected chi connectivity index (χ1v) is 9.90. The van der Waals surface area contributed by atoms with Gasteiger partial charge in [-0.3, -0.25) is 9.69 Å². The van der Waals surface area contributed by atoms with Crippen LogP contribution in [0.2, 0.25) is 5.02 Å². The Balaban J connectivity index is 1.44. The fraction of sp³-hybridized carbons (Fsp3) is 0.650. The lowest BCUT2D eigenvalue weighted by atomic mass is 10.1. The third-order valence-corrected chi connectivity index (χ3v) is 5.63. The molecule has 0 bridgehead atoms. The Labute approximate surface area is 155 Å². The predicted molar refractivity (Wildman–Crippen MR) is 101 cm³/mol. The van der Waals surface area contributed by atoms with Gasteiger partial charge in [0, 0.05) is 50.3 Å². The van der Waals surface area contributed by atoms with Crippen LogP contribution in [0.4, 0.5) is 0 Å². The highest BCUT2D eigenvalue weighted by Crippen LogP contribution is 2.31. The van der Waals surface area contributed by atoms with E-state index in [-0.39, 0.29) is 12.5 Å². The van der Waals surface area contributed by atoms with E-state index >= 15 is 0 Å². The van der Waals surface area contributed by atoms with Crippen LogP contribution in [-0.4, -0.2) is 59.6 Å². The summed E-state index contributed by atoms with van der Waals surface area (Å²) >= 11 is 5.90. The van der Waals surface area contributed by atoms with Crippen LogP contribution in [0.5, 0.6) is 0 Å². The van der Waals surface area contributed by atoms with Crippen molar-refractivity contribution in [3.05, 3.63) is 34.9 Å². The topological polar surface area (TPSA) is 43.8 Å². The van der Waals surface area contributed by atoms with Crippen molar-refractivity contribution in [2.75, 3.05) is 32.8 Å². The molecule has 1 aromatic carbocycles. The van der Waals surface area contributed by atoms with Crippen molar-refractivity contribution in [2.45, 2.75) is 44.6 Å². The van der Waals surface area contributed by atoms with Crippen molar-refractivity contribution in [3.8, 4) is 0 Å². The van der Waals surface area contributed by atoms with Gasteiger partial charge in [-0.1, -0.05) is 23.7 Å². The number of halogens is 1. The Morgan fingerprint density at radius 1 is 1.20 bits per heavy atom. The summed E-state index contributed by atoms with van der Waals surface area (Å²) < 4.78 is 0. The molecule has 1 saturated carbocycles. The highest BCUT2D eigenvalue weighted by Gasteiger charge is 2.32. The molecule has 0 radical (unpaired) electrons. The van der Waals surface area contributed by atoms with Gasteiger partial charge in [-0.25, -0.2) is 0 Å². The van der Waals surface area contributed by atoms with Crippen LogP contribution in [0.1, 0.15) is 37.7 Å². The molecule has 1 N–H and O–H groups in total. The number of hydrogen-bond donors (Lipinski definition) is 1. The van der Waals surface area contributed by atoms with E-state index in [4.69, 9.17) is 11.6 Å². The lowest BCUT2D eigenvalue weighted by Gasteiger charge is -2.41. The highest BCUT2D eigenvalue weighted by molar-refractivity contribution is 6.30. The Morgan fingerprint density at radius 3 is 2.64 bits per heavy atom. The van der Waals surface area contributed by atoms with E-state index in [1.165, 1.54) is 18.4 Å². The first-order chi connectivity index (χ1) is 12.2. The molecule has 1 atom stereocenters. The van der Waals surface area contributed by atoms with E-state index in [1.807, 2.05) is 29.2 Å². The zero-order valence-electron chi connectivity index (χ0n) is 14.9. The van der Waals surface area contributed by atoms with Gasteiger partial charge in [-0.15, -0.1) is 0 Å². The number of carbonyl (C=O) groups is 1. The van der Waals surface area contributed by atoms with Crippen LogP contribution in [0.3, 0.4) is 0 Å². The van der Waals surface area contributed by atoms with Gasteiger partial charge in [-0.2, -0.15) is 0 Å². The number of rotatable bonds is 8. The molecule has 138 valence electrons. The van der Waals surface area contributed by atoms with E-state index < -0.39 is 0 Å². The van der Waals surface area contributed by atoms with Crippen molar-refractivity contribution in [2.24, 2.45) is 5.92 Å². The van der Waals surface area contributed by atoms with Gasteiger partial charge in [-0.05, 0) is 55.7 Å². The summed E-state index contributed by atoms with van der Waals surface area (Å²) in [5.41, 5.74) is 1.23. The molecule has 4 nitrogen and oxygen atoms in total. The Morgan fingerprint density at radius 2 is 1.96 bits per heavy atom. The number of hydrogen-bond acceptors (Lipinski definition) is 3. The molecule has 2 fully saturated rings. The normalized spacial score (nSPS) is 21.5. The SMILES string of the molecule is O=C(CCCc1ccc(Cl)cc1)N1CCN(CC2CC2)[C@H](CCO)C1. The molecular weight excluding hydrogens is 336 g/mol. The van der Waals surface area contributed by atoms with E-state index in [1.54, 1.807) is 0 Å². The van der Waals surface area contributed by atoms with Gasteiger partial charge in [0.2, 0.25) is 5.91 Å². The second-order valence-electron chi connectivity index (χ2n) is 7.42. The molecule has 5 heteroatoms. The molecule has 1 aromatic rings. The van der Waals surface area contributed by atoms with Crippen LogP contribution in [0.15, 0.2) is 24.3 Å². The quantitative estimate of drug-likeness (QED) is 0.771. The van der Waals surface area contributed by atoms with Gasteiger partial charge < -0.3 is 10.0 Å². The summed E-state index contributed by atoms with van der Waals surface area (Å²) in [4.78, 5) is 17.1. The third kappa shape index (κ3) is 5.70. The molecule has 25 heavy (non-hydrogen) atoms. The molecule has 0 unspecified atom stereocenters. The van der Waals surface area contributed by atoms with Crippen LogP contribution in [-0.2, 0) is 11.2 Å². The van der Waals surface area contributed by atoms with E-state index in [2.05, 4.69) is 4.90 Å². The second-order valence-corrected chi connectivity index (χ2v) is 7.86. The number of benzene rings is 1. The molecule has 1 saturated heterocycles. The predicted octanol–water partition coefficient (Wildman–Crippen LogP) is 2.97. The first-order valence-electron chi connectivity index (χ1n) is 9.53. The largest absolute Gasteiger partial charge is 0.396 e. The van der Waals surface area contributed by atoms with Crippen LogP contribution in [0.25, 0.3) is 0 Å². The molecule has 2 aliphatic rings. The lowest BCUT2D eigenvalue weighted by molar-refractivity contribution is -0.134. The van der Waals surface area contributed by atoms with Crippen molar-refractivity contribution in [1.29, 1.82) is 0 Å². The van der Waals surface area contributed by atoms with Gasteiger partial charge in [0.25, 0.3) is 0 Å². The number of carbonyl (C=O) groups excluding carboxylic acids is 1. The van der Waals surface area contributed by atoms with E-state index in [9.17, 15) is 9.90 Å². The summed E-state index contributed by atoms with van der Waals surface area (Å²) in [6, 6.07) is 8.18. The molecule has 1 heterocycles. The number of aryl methyl sites for hydroxylation is 1. The number of nitrogens with zero attached hydrogens (tertiary/aromatic N) is 2. The molecule has 0 aromatic heterocycles. The highest BCUT2D eigenvalue weighted by atomic mass is 35.5. The zero-order valence-corrected chi connectivity index (χ0v) is 15.6. The van der Waals surface area contributed by atoms with E-state index in [0.717, 1.165) is 56.4 Å². The standard InChI is InChI=1S/C20H29ClN2O2/c21-18-8-6-16(7-9-18)2-1-3-20(25)23-12-11-22(14-17-4-5-17)19(15-23)10-13-24/h6-9,17,19,24H,1-5,10-15H2/t19-/m1/s1. The number of amides is 1. The molecular formula is C20H29ClN2O2. The number of aliphatic hydroxyl groups excluding tert-OH is 1. The summed E-state index contributed by atoms with van der Waals surface area (Å²) in [5.74, 6) is 1.10.